The van der Waals surface area contributed by atoms with Crippen LogP contribution < -0.4 is 10.6 Å². The fraction of sp³-hybridized carbons (Fsp3) is 0.250. The molecule has 3 rings (SSSR count). The van der Waals surface area contributed by atoms with Crippen molar-refractivity contribution in [2.45, 2.75) is 26.3 Å². The summed E-state index contributed by atoms with van der Waals surface area (Å²) < 4.78 is 0. The quantitative estimate of drug-likeness (QED) is 0.915. The van der Waals surface area contributed by atoms with Crippen LogP contribution in [-0.2, 0) is 17.8 Å². The Bertz CT molecular complexity index is 706. The number of benzene rings is 1. The van der Waals surface area contributed by atoms with E-state index in [2.05, 4.69) is 10.6 Å². The van der Waals surface area contributed by atoms with Gasteiger partial charge in [0.2, 0.25) is 5.91 Å². The summed E-state index contributed by atoms with van der Waals surface area (Å²) in [6.07, 6.45) is 1.17. The van der Waals surface area contributed by atoms with Crippen molar-refractivity contribution in [1.82, 2.24) is 5.32 Å². The monoisotopic (exact) mass is 300 g/mol. The molecule has 0 saturated heterocycles. The molecule has 0 aliphatic carbocycles. The highest BCUT2D eigenvalue weighted by Gasteiger charge is 2.16. The zero-order chi connectivity index (χ0) is 14.8. The molecule has 2 N–H and O–H groups in total. The second-order valence-corrected chi connectivity index (χ2v) is 6.49. The molecule has 0 bridgehead atoms. The third-order valence-electron chi connectivity index (χ3n) is 3.48. The van der Waals surface area contributed by atoms with Crippen LogP contribution in [0.25, 0.3) is 0 Å². The highest BCUT2D eigenvalue weighted by Crippen LogP contribution is 2.23. The molecule has 0 unspecified atom stereocenters. The topological polar surface area (TPSA) is 58.2 Å². The maximum Gasteiger partial charge on any atom is 0.251 e. The van der Waals surface area contributed by atoms with Gasteiger partial charge in [-0.2, -0.15) is 0 Å². The van der Waals surface area contributed by atoms with Crippen LogP contribution in [0.4, 0.5) is 5.69 Å². The van der Waals surface area contributed by atoms with E-state index >= 15 is 0 Å². The lowest BCUT2D eigenvalue weighted by Crippen LogP contribution is -2.24. The molecule has 5 heteroatoms. The van der Waals surface area contributed by atoms with Gasteiger partial charge in [-0.15, -0.1) is 11.3 Å². The van der Waals surface area contributed by atoms with E-state index in [1.165, 1.54) is 4.88 Å². The molecule has 1 aromatic carbocycles. The Hall–Kier alpha value is -2.14. The fourth-order valence-corrected chi connectivity index (χ4v) is 3.20. The number of nitrogens with one attached hydrogen (secondary N) is 2. The van der Waals surface area contributed by atoms with Gasteiger partial charge in [0.25, 0.3) is 5.91 Å². The second-order valence-electron chi connectivity index (χ2n) is 5.12. The molecule has 0 spiro atoms. The summed E-state index contributed by atoms with van der Waals surface area (Å²) in [6.45, 7) is 2.60. The third-order valence-corrected chi connectivity index (χ3v) is 4.48. The molecule has 108 valence electrons. The van der Waals surface area contributed by atoms with E-state index in [9.17, 15) is 9.59 Å². The lowest BCUT2D eigenvalue weighted by Gasteiger charge is -2.17. The molecule has 1 aromatic heterocycles. The smallest absolute Gasteiger partial charge is 0.251 e. The van der Waals surface area contributed by atoms with E-state index in [4.69, 9.17) is 0 Å². The SMILES string of the molecule is Cc1ccc(CNC(=O)c2ccc3c(c2)CCC(=O)N3)s1. The number of rotatable bonds is 3. The molecule has 21 heavy (non-hydrogen) atoms. The van der Waals surface area contributed by atoms with E-state index in [0.717, 1.165) is 16.1 Å². The van der Waals surface area contributed by atoms with Gasteiger partial charge >= 0.3 is 0 Å². The Labute approximate surface area is 127 Å². The van der Waals surface area contributed by atoms with Crippen molar-refractivity contribution in [3.8, 4) is 0 Å². The number of anilines is 1. The van der Waals surface area contributed by atoms with E-state index in [-0.39, 0.29) is 11.8 Å². The highest BCUT2D eigenvalue weighted by atomic mass is 32.1. The number of carbonyl (C=O) groups excluding carboxylic acids is 2. The van der Waals surface area contributed by atoms with Gasteiger partial charge in [0.1, 0.15) is 0 Å². The number of amides is 2. The average molecular weight is 300 g/mol. The Morgan fingerprint density at radius 2 is 2.14 bits per heavy atom. The van der Waals surface area contributed by atoms with Crippen LogP contribution in [0, 0.1) is 6.92 Å². The van der Waals surface area contributed by atoms with E-state index in [1.54, 1.807) is 23.5 Å². The first kappa shape index (κ1) is 13.8. The number of thiophene rings is 1. The molecular weight excluding hydrogens is 284 g/mol. The van der Waals surface area contributed by atoms with E-state index in [0.29, 0.717) is 24.9 Å². The summed E-state index contributed by atoms with van der Waals surface area (Å²) in [7, 11) is 0. The first-order valence-electron chi connectivity index (χ1n) is 6.88. The molecule has 2 aromatic rings. The van der Waals surface area contributed by atoms with Crippen LogP contribution in [0.5, 0.6) is 0 Å². The zero-order valence-electron chi connectivity index (χ0n) is 11.7. The molecule has 0 saturated carbocycles. The van der Waals surface area contributed by atoms with Crippen molar-refractivity contribution in [3.05, 3.63) is 51.2 Å². The predicted molar refractivity (Wildman–Crippen MR) is 83.6 cm³/mol. The van der Waals surface area contributed by atoms with Gasteiger partial charge in [-0.25, -0.2) is 0 Å². The van der Waals surface area contributed by atoms with Crippen LogP contribution in [0.1, 0.15) is 32.1 Å². The first-order valence-corrected chi connectivity index (χ1v) is 7.70. The number of fused-ring (bicyclic) bond motifs is 1. The lowest BCUT2D eigenvalue weighted by atomic mass is 10.00. The molecule has 4 nitrogen and oxygen atoms in total. The maximum absolute atomic E-state index is 12.2. The summed E-state index contributed by atoms with van der Waals surface area (Å²) in [5.74, 6) is -0.0477. The molecule has 0 fully saturated rings. The summed E-state index contributed by atoms with van der Waals surface area (Å²) >= 11 is 1.69. The van der Waals surface area contributed by atoms with Crippen LogP contribution in [0.3, 0.4) is 0 Å². The molecule has 2 amide bonds. The third kappa shape index (κ3) is 3.13. The molecule has 1 aliphatic heterocycles. The van der Waals surface area contributed by atoms with Crippen molar-refractivity contribution in [2.75, 3.05) is 5.32 Å². The minimum atomic E-state index is -0.0826. The molecule has 0 radical (unpaired) electrons. The predicted octanol–water partition coefficient (Wildman–Crippen LogP) is 2.87. The minimum absolute atomic E-state index is 0.0350. The Balaban J connectivity index is 1.69. The van der Waals surface area contributed by atoms with Crippen LogP contribution >= 0.6 is 11.3 Å². The number of hydrogen-bond acceptors (Lipinski definition) is 3. The zero-order valence-corrected chi connectivity index (χ0v) is 12.5. The van der Waals surface area contributed by atoms with Gasteiger partial charge in [0.05, 0.1) is 6.54 Å². The Morgan fingerprint density at radius 3 is 2.90 bits per heavy atom. The first-order chi connectivity index (χ1) is 10.1. The molecule has 0 atom stereocenters. The summed E-state index contributed by atoms with van der Waals surface area (Å²) in [4.78, 5) is 25.9. The second kappa shape index (κ2) is 5.69. The van der Waals surface area contributed by atoms with Gasteiger partial charge in [-0.1, -0.05) is 0 Å². The average Bonchev–Trinajstić information content (AvgIpc) is 2.90. The van der Waals surface area contributed by atoms with Gasteiger partial charge in [-0.05, 0) is 49.2 Å². The van der Waals surface area contributed by atoms with Crippen LogP contribution in [0.2, 0.25) is 0 Å². The minimum Gasteiger partial charge on any atom is -0.347 e. The van der Waals surface area contributed by atoms with E-state index < -0.39 is 0 Å². The van der Waals surface area contributed by atoms with Crippen LogP contribution in [0.15, 0.2) is 30.3 Å². The highest BCUT2D eigenvalue weighted by molar-refractivity contribution is 7.11. The van der Waals surface area contributed by atoms with Crippen molar-refractivity contribution in [3.63, 3.8) is 0 Å². The largest absolute Gasteiger partial charge is 0.347 e. The van der Waals surface area contributed by atoms with Crippen molar-refractivity contribution < 1.29 is 9.59 Å². The normalized spacial score (nSPS) is 13.5. The van der Waals surface area contributed by atoms with Gasteiger partial charge in [0, 0.05) is 27.4 Å². The molecular formula is C16H16N2O2S. The maximum atomic E-state index is 12.2. The van der Waals surface area contributed by atoms with Gasteiger partial charge in [0.15, 0.2) is 0 Å². The van der Waals surface area contributed by atoms with Crippen molar-refractivity contribution in [2.24, 2.45) is 0 Å². The number of hydrogen-bond donors (Lipinski definition) is 2. The van der Waals surface area contributed by atoms with Crippen molar-refractivity contribution in [1.29, 1.82) is 0 Å². The number of carbonyl (C=O) groups is 2. The molecule has 1 aliphatic rings. The van der Waals surface area contributed by atoms with Crippen LogP contribution in [-0.4, -0.2) is 11.8 Å². The standard InChI is InChI=1S/C16H16N2O2S/c1-10-2-5-13(21-10)9-17-16(20)12-3-6-14-11(8-12)4-7-15(19)18-14/h2-3,5-6,8H,4,7,9H2,1H3,(H,17,20)(H,18,19). The van der Waals surface area contributed by atoms with Gasteiger partial charge < -0.3 is 10.6 Å². The van der Waals surface area contributed by atoms with Gasteiger partial charge in [-0.3, -0.25) is 9.59 Å². The Kier molecular flexibility index (Phi) is 3.75. The van der Waals surface area contributed by atoms with Crippen molar-refractivity contribution >= 4 is 28.8 Å². The molecule has 2 heterocycles. The number of aryl methyl sites for hydroxylation is 2. The summed E-state index contributed by atoms with van der Waals surface area (Å²) in [6, 6.07) is 9.50. The Morgan fingerprint density at radius 1 is 1.29 bits per heavy atom. The lowest BCUT2D eigenvalue weighted by molar-refractivity contribution is -0.116. The summed E-state index contributed by atoms with van der Waals surface area (Å²) in [5.41, 5.74) is 2.48. The fourth-order valence-electron chi connectivity index (χ4n) is 2.37. The van der Waals surface area contributed by atoms with E-state index in [1.807, 2.05) is 25.1 Å². The summed E-state index contributed by atoms with van der Waals surface area (Å²) in [5, 5.41) is 5.75.